The lowest BCUT2D eigenvalue weighted by atomic mass is 10.1. The summed E-state index contributed by atoms with van der Waals surface area (Å²) < 4.78 is 15.3. The number of nitro benzene ring substituents is 1. The summed E-state index contributed by atoms with van der Waals surface area (Å²) in [5.41, 5.74) is 0.260. The first-order valence-electron chi connectivity index (χ1n) is 10.1. The molecule has 2 unspecified atom stereocenters. The van der Waals surface area contributed by atoms with Crippen LogP contribution in [0.1, 0.15) is 12.5 Å². The normalized spacial score (nSPS) is 17.7. The van der Waals surface area contributed by atoms with E-state index in [1.54, 1.807) is 30.3 Å². The van der Waals surface area contributed by atoms with E-state index < -0.39 is 52.2 Å². The van der Waals surface area contributed by atoms with Crippen LogP contribution in [0.25, 0.3) is 0 Å². The zero-order chi connectivity index (χ0) is 25.5. The van der Waals surface area contributed by atoms with Crippen molar-refractivity contribution in [1.29, 1.82) is 0 Å². The van der Waals surface area contributed by atoms with Gasteiger partial charge in [0.2, 0.25) is 12.3 Å². The maximum Gasteiger partial charge on any atom is 0.356 e. The minimum absolute atomic E-state index is 0.148. The van der Waals surface area contributed by atoms with Gasteiger partial charge < -0.3 is 19.3 Å². The lowest BCUT2D eigenvalue weighted by Crippen LogP contribution is -2.69. The molecule has 0 radical (unpaired) electrons. The van der Waals surface area contributed by atoms with Gasteiger partial charge in [0.15, 0.2) is 11.7 Å². The third-order valence-electron chi connectivity index (χ3n) is 4.68. The van der Waals surface area contributed by atoms with E-state index in [2.05, 4.69) is 0 Å². The van der Waals surface area contributed by atoms with Gasteiger partial charge in [0.25, 0.3) is 11.6 Å². The number of carbonyl (C=O) groups is 4. The van der Waals surface area contributed by atoms with Crippen molar-refractivity contribution in [2.75, 3.05) is 6.61 Å². The molecule has 35 heavy (non-hydrogen) atoms. The van der Waals surface area contributed by atoms with Crippen LogP contribution >= 0.6 is 11.8 Å². The van der Waals surface area contributed by atoms with Crippen LogP contribution in [0.15, 0.2) is 54.6 Å². The van der Waals surface area contributed by atoms with Crippen molar-refractivity contribution < 1.29 is 43.4 Å². The predicted octanol–water partition coefficient (Wildman–Crippen LogP) is 1.40. The van der Waals surface area contributed by atoms with Crippen LogP contribution in [0.5, 0.6) is 5.75 Å². The molecule has 13 heteroatoms. The quantitative estimate of drug-likeness (QED) is 0.215. The van der Waals surface area contributed by atoms with E-state index in [0.29, 0.717) is 28.0 Å². The van der Waals surface area contributed by atoms with E-state index >= 15 is 0 Å². The molecule has 1 amide bonds. The van der Waals surface area contributed by atoms with Crippen molar-refractivity contribution in [3.8, 4) is 5.75 Å². The van der Waals surface area contributed by atoms with Gasteiger partial charge in [-0.15, -0.1) is 0 Å². The first-order valence-corrected chi connectivity index (χ1v) is 11.0. The Morgan fingerprint density at radius 2 is 1.80 bits per heavy atom. The standard InChI is InChI=1S/C22H20N2O10S/c1-13(25)35-21-18(34-17(26)12-32-16-5-3-2-4-6-16)19(27)23(21)20(28)22(29)33-11-14-7-9-15(10-8-14)24(30)31/h2-10,18,20-21,28H,11-12H2,1H3/t18?,20-,21?/m1/s1. The molecular weight excluding hydrogens is 484 g/mol. The summed E-state index contributed by atoms with van der Waals surface area (Å²) >= 11 is 0.599. The molecule has 1 aliphatic rings. The van der Waals surface area contributed by atoms with Crippen LogP contribution in [-0.2, 0) is 35.3 Å². The molecule has 0 saturated carbocycles. The van der Waals surface area contributed by atoms with E-state index in [1.165, 1.54) is 31.2 Å². The number of aliphatic hydroxyl groups excluding tert-OH is 1. The summed E-state index contributed by atoms with van der Waals surface area (Å²) in [4.78, 5) is 59.4. The summed E-state index contributed by atoms with van der Waals surface area (Å²) in [6, 6.07) is 13.6. The van der Waals surface area contributed by atoms with Gasteiger partial charge in [-0.05, 0) is 29.8 Å². The Morgan fingerprint density at radius 1 is 1.14 bits per heavy atom. The number of nitrogens with zero attached hydrogens (tertiary/aromatic N) is 2. The number of amides is 1. The number of thioether (sulfide) groups is 1. The number of likely N-dealkylation sites (tertiary alicyclic amines) is 1. The van der Waals surface area contributed by atoms with Crippen molar-refractivity contribution in [3.63, 3.8) is 0 Å². The molecule has 12 nitrogen and oxygen atoms in total. The third-order valence-corrected chi connectivity index (χ3v) is 5.73. The van der Waals surface area contributed by atoms with E-state index in [-0.39, 0.29) is 12.3 Å². The zero-order valence-electron chi connectivity index (χ0n) is 18.3. The van der Waals surface area contributed by atoms with Crippen LogP contribution in [0, 0.1) is 10.1 Å². The second-order valence-electron chi connectivity index (χ2n) is 7.16. The Kier molecular flexibility index (Phi) is 8.39. The fraction of sp³-hybridized carbons (Fsp3) is 0.273. The lowest BCUT2D eigenvalue weighted by Gasteiger charge is -2.46. The fourth-order valence-electron chi connectivity index (χ4n) is 3.01. The molecule has 0 aromatic heterocycles. The fourth-order valence-corrected chi connectivity index (χ4v) is 3.97. The molecule has 3 rings (SSSR count). The molecule has 1 aliphatic heterocycles. The number of nitro groups is 1. The second kappa shape index (κ2) is 11.4. The number of benzene rings is 2. The van der Waals surface area contributed by atoms with Crippen molar-refractivity contribution in [2.45, 2.75) is 31.2 Å². The topological polar surface area (TPSA) is 163 Å². The summed E-state index contributed by atoms with van der Waals surface area (Å²) in [7, 11) is 0. The van der Waals surface area contributed by atoms with Gasteiger partial charge in [-0.2, -0.15) is 0 Å². The molecule has 1 N–H and O–H groups in total. The van der Waals surface area contributed by atoms with E-state index in [4.69, 9.17) is 14.2 Å². The lowest BCUT2D eigenvalue weighted by molar-refractivity contribution is -0.384. The molecule has 3 atom stereocenters. The number of para-hydroxylation sites is 1. The van der Waals surface area contributed by atoms with Gasteiger partial charge in [-0.25, -0.2) is 9.59 Å². The third kappa shape index (κ3) is 6.55. The molecule has 2 aromatic rings. The average Bonchev–Trinajstić information content (AvgIpc) is 2.84. The van der Waals surface area contributed by atoms with Gasteiger partial charge >= 0.3 is 11.9 Å². The van der Waals surface area contributed by atoms with Crippen LogP contribution in [-0.4, -0.2) is 62.2 Å². The zero-order valence-corrected chi connectivity index (χ0v) is 19.1. The first kappa shape index (κ1) is 25.6. The Morgan fingerprint density at radius 3 is 2.40 bits per heavy atom. The molecule has 184 valence electrons. The van der Waals surface area contributed by atoms with Crippen LogP contribution in [0.3, 0.4) is 0 Å². The molecule has 1 fully saturated rings. The van der Waals surface area contributed by atoms with E-state index in [9.17, 15) is 34.4 Å². The summed E-state index contributed by atoms with van der Waals surface area (Å²) in [6.07, 6.45) is -3.47. The van der Waals surface area contributed by atoms with Gasteiger partial charge in [0.05, 0.1) is 4.92 Å². The number of carbonyl (C=O) groups excluding carboxylic acids is 4. The van der Waals surface area contributed by atoms with Crippen LogP contribution in [0.4, 0.5) is 5.69 Å². The molecular formula is C22H20N2O10S. The number of esters is 2. The highest BCUT2D eigenvalue weighted by molar-refractivity contribution is 8.14. The molecule has 1 heterocycles. The monoisotopic (exact) mass is 504 g/mol. The highest BCUT2D eigenvalue weighted by Gasteiger charge is 2.55. The number of non-ortho nitro benzene ring substituents is 1. The van der Waals surface area contributed by atoms with Crippen molar-refractivity contribution >= 4 is 40.4 Å². The minimum Gasteiger partial charge on any atom is -0.482 e. The van der Waals surface area contributed by atoms with Gasteiger partial charge in [0.1, 0.15) is 17.7 Å². The summed E-state index contributed by atoms with van der Waals surface area (Å²) in [5.74, 6) is -2.55. The number of aliphatic hydroxyl groups is 1. The molecule has 2 aromatic carbocycles. The van der Waals surface area contributed by atoms with Gasteiger partial charge in [0, 0.05) is 19.1 Å². The number of ether oxygens (including phenoxy) is 3. The van der Waals surface area contributed by atoms with Crippen LogP contribution in [0.2, 0.25) is 0 Å². The van der Waals surface area contributed by atoms with Crippen molar-refractivity contribution in [1.82, 2.24) is 4.90 Å². The molecule has 0 bridgehead atoms. The molecule has 1 saturated heterocycles. The Balaban J connectivity index is 1.57. The van der Waals surface area contributed by atoms with Crippen LogP contribution < -0.4 is 4.74 Å². The Bertz CT molecular complexity index is 1110. The summed E-state index contributed by atoms with van der Waals surface area (Å²) in [5, 5.41) is 19.4. The highest BCUT2D eigenvalue weighted by Crippen LogP contribution is 2.34. The minimum atomic E-state index is -2.06. The maximum absolute atomic E-state index is 12.5. The smallest absolute Gasteiger partial charge is 0.356 e. The van der Waals surface area contributed by atoms with Crippen molar-refractivity contribution in [2.24, 2.45) is 0 Å². The average molecular weight is 504 g/mol. The van der Waals surface area contributed by atoms with Gasteiger partial charge in [-0.1, -0.05) is 30.0 Å². The summed E-state index contributed by atoms with van der Waals surface area (Å²) in [6.45, 7) is 0.392. The Labute approximate surface area is 202 Å². The largest absolute Gasteiger partial charge is 0.482 e. The van der Waals surface area contributed by atoms with Gasteiger partial charge in [-0.3, -0.25) is 24.6 Å². The number of hydrogen-bond donors (Lipinski definition) is 1. The van der Waals surface area contributed by atoms with E-state index in [1.807, 2.05) is 0 Å². The predicted molar refractivity (Wildman–Crippen MR) is 120 cm³/mol. The highest BCUT2D eigenvalue weighted by atomic mass is 32.2. The molecule has 0 aliphatic carbocycles. The maximum atomic E-state index is 12.5. The number of hydrogen-bond acceptors (Lipinski definition) is 11. The Hall–Kier alpha value is -3.97. The molecule has 0 spiro atoms. The second-order valence-corrected chi connectivity index (χ2v) is 8.46. The number of β-lactam (4-membered cyclic amide) rings is 1. The number of rotatable bonds is 10. The first-order chi connectivity index (χ1) is 16.7. The SMILES string of the molecule is CC(=O)SC1C(OC(=O)COc2ccccc2)C(=O)N1[C@H](O)C(=O)OCc1ccc([N+](=O)[O-])cc1. The van der Waals surface area contributed by atoms with Crippen molar-refractivity contribution in [3.05, 3.63) is 70.3 Å². The van der Waals surface area contributed by atoms with E-state index in [0.717, 1.165) is 0 Å².